The van der Waals surface area contributed by atoms with Crippen molar-refractivity contribution in [2.24, 2.45) is 5.92 Å². The van der Waals surface area contributed by atoms with Crippen molar-refractivity contribution in [2.45, 2.75) is 57.0 Å². The van der Waals surface area contributed by atoms with Crippen molar-refractivity contribution in [3.05, 3.63) is 27.7 Å². The summed E-state index contributed by atoms with van der Waals surface area (Å²) in [4.78, 5) is 25.8. The molecule has 2 aromatic heterocycles. The summed E-state index contributed by atoms with van der Waals surface area (Å²) >= 11 is 0. The molecule has 8 nitrogen and oxygen atoms in total. The van der Waals surface area contributed by atoms with Crippen molar-refractivity contribution in [1.29, 1.82) is 0 Å². The molecule has 5 rings (SSSR count). The number of aromatic hydroxyl groups is 1. The smallest absolute Gasteiger partial charge is 0.270 e. The van der Waals surface area contributed by atoms with E-state index in [1.807, 2.05) is 6.07 Å². The second-order valence-electron chi connectivity index (χ2n) is 8.03. The highest BCUT2D eigenvalue weighted by Crippen LogP contribution is 2.40. The summed E-state index contributed by atoms with van der Waals surface area (Å²) in [6.07, 6.45) is 5.74. The van der Waals surface area contributed by atoms with Crippen LogP contribution in [0.2, 0.25) is 0 Å². The summed E-state index contributed by atoms with van der Waals surface area (Å²) in [7, 11) is 0. The number of amides is 1. The molecule has 1 amide bonds. The van der Waals surface area contributed by atoms with Crippen LogP contribution in [0.25, 0.3) is 5.65 Å². The lowest BCUT2D eigenvalue weighted by Gasteiger charge is -2.23. The molecule has 27 heavy (non-hydrogen) atoms. The molecule has 2 saturated carbocycles. The van der Waals surface area contributed by atoms with E-state index >= 15 is 0 Å². The molecule has 144 valence electrons. The summed E-state index contributed by atoms with van der Waals surface area (Å²) < 4.78 is 8.41. The molecule has 0 spiro atoms. The standard InChI is InChI=1S/C19H24N4O4/c24-17(20-13-3-4-13)16-18(25)22(10-11-5-7-27-8-6-11)15-9-14(12-1-2-12)21-23(15)19(16)26/h9,11-13,26H,1-8,10H2,(H,20,24). The molecule has 0 aromatic carbocycles. The molecule has 0 bridgehead atoms. The third kappa shape index (κ3) is 3.12. The number of nitrogens with one attached hydrogen (secondary N) is 1. The predicted octanol–water partition coefficient (Wildman–Crippen LogP) is 1.40. The van der Waals surface area contributed by atoms with Crippen LogP contribution in [0.5, 0.6) is 5.88 Å². The normalized spacial score (nSPS) is 20.9. The van der Waals surface area contributed by atoms with Gasteiger partial charge in [-0.05, 0) is 44.4 Å². The number of ether oxygens (including phenoxy) is 1. The minimum atomic E-state index is -0.508. The van der Waals surface area contributed by atoms with Crippen molar-refractivity contribution in [2.75, 3.05) is 13.2 Å². The fourth-order valence-corrected chi connectivity index (χ4v) is 3.80. The van der Waals surface area contributed by atoms with Gasteiger partial charge in [-0.3, -0.25) is 14.2 Å². The highest BCUT2D eigenvalue weighted by atomic mass is 16.5. The molecule has 1 saturated heterocycles. The monoisotopic (exact) mass is 372 g/mol. The Labute approximate surface area is 156 Å². The van der Waals surface area contributed by atoms with Gasteiger partial charge in [-0.15, -0.1) is 0 Å². The van der Waals surface area contributed by atoms with Gasteiger partial charge in [0.15, 0.2) is 5.56 Å². The van der Waals surface area contributed by atoms with Crippen LogP contribution in [0.3, 0.4) is 0 Å². The van der Waals surface area contributed by atoms with Gasteiger partial charge in [0, 0.05) is 37.8 Å². The van der Waals surface area contributed by atoms with Gasteiger partial charge in [0.05, 0.1) is 5.69 Å². The Bertz CT molecular complexity index is 949. The Morgan fingerprint density at radius 2 is 1.96 bits per heavy atom. The van der Waals surface area contributed by atoms with Gasteiger partial charge in [-0.25, -0.2) is 0 Å². The number of hydrogen-bond donors (Lipinski definition) is 2. The molecule has 0 atom stereocenters. The number of carbonyl (C=O) groups excluding carboxylic acids is 1. The van der Waals surface area contributed by atoms with Crippen molar-refractivity contribution < 1.29 is 14.6 Å². The van der Waals surface area contributed by atoms with Crippen LogP contribution in [-0.2, 0) is 11.3 Å². The second kappa shape index (κ2) is 6.37. The second-order valence-corrected chi connectivity index (χ2v) is 8.03. The van der Waals surface area contributed by atoms with Crippen LogP contribution in [-0.4, -0.2) is 44.5 Å². The van der Waals surface area contributed by atoms with Crippen LogP contribution in [0.4, 0.5) is 0 Å². The first-order valence-electron chi connectivity index (χ1n) is 9.86. The molecule has 3 heterocycles. The minimum absolute atomic E-state index is 0.107. The van der Waals surface area contributed by atoms with Gasteiger partial charge < -0.3 is 15.2 Å². The van der Waals surface area contributed by atoms with E-state index < -0.39 is 11.5 Å². The van der Waals surface area contributed by atoms with Gasteiger partial charge in [0.1, 0.15) is 5.65 Å². The average Bonchev–Trinajstić information content (AvgIpc) is 3.59. The summed E-state index contributed by atoms with van der Waals surface area (Å²) in [5, 5.41) is 18.0. The summed E-state index contributed by atoms with van der Waals surface area (Å²) in [6, 6.07) is 2.00. The number of hydrogen-bond acceptors (Lipinski definition) is 5. The third-order valence-electron chi connectivity index (χ3n) is 5.79. The van der Waals surface area contributed by atoms with Gasteiger partial charge in [0.2, 0.25) is 5.88 Å². The van der Waals surface area contributed by atoms with Crippen LogP contribution >= 0.6 is 0 Å². The molecule has 2 N–H and O–H groups in total. The van der Waals surface area contributed by atoms with Crippen LogP contribution in [0.1, 0.15) is 60.5 Å². The van der Waals surface area contributed by atoms with E-state index in [1.54, 1.807) is 4.57 Å². The fourth-order valence-electron chi connectivity index (χ4n) is 3.80. The van der Waals surface area contributed by atoms with Gasteiger partial charge in [0.25, 0.3) is 11.5 Å². The van der Waals surface area contributed by atoms with E-state index in [4.69, 9.17) is 4.74 Å². The number of fused-ring (bicyclic) bond motifs is 1. The Morgan fingerprint density at radius 3 is 2.63 bits per heavy atom. The lowest BCUT2D eigenvalue weighted by molar-refractivity contribution is 0.0611. The number of rotatable bonds is 5. The van der Waals surface area contributed by atoms with E-state index in [0.29, 0.717) is 37.2 Å². The van der Waals surface area contributed by atoms with Gasteiger partial charge >= 0.3 is 0 Å². The van der Waals surface area contributed by atoms with Gasteiger partial charge in [-0.1, -0.05) is 0 Å². The predicted molar refractivity (Wildman–Crippen MR) is 97.1 cm³/mol. The molecular formula is C19H24N4O4. The Kier molecular flexibility index (Phi) is 3.96. The largest absolute Gasteiger partial charge is 0.492 e. The third-order valence-corrected chi connectivity index (χ3v) is 5.79. The zero-order valence-electron chi connectivity index (χ0n) is 15.2. The Hall–Kier alpha value is -2.35. The maximum absolute atomic E-state index is 13.2. The van der Waals surface area contributed by atoms with E-state index in [2.05, 4.69) is 10.4 Å². The topological polar surface area (TPSA) is 97.9 Å². The molecule has 3 fully saturated rings. The van der Waals surface area contributed by atoms with Crippen molar-refractivity contribution in [3.8, 4) is 5.88 Å². The Balaban J connectivity index is 1.62. The molecule has 0 radical (unpaired) electrons. The SMILES string of the molecule is O=C(NC1CC1)c1c(O)n2nc(C3CC3)cc2n(CC2CCOCC2)c1=O. The summed E-state index contributed by atoms with van der Waals surface area (Å²) in [5.74, 6) is -0.169. The quantitative estimate of drug-likeness (QED) is 0.827. The zero-order chi connectivity index (χ0) is 18.5. The molecule has 2 aromatic rings. The molecule has 1 aliphatic heterocycles. The van der Waals surface area contributed by atoms with E-state index in [9.17, 15) is 14.7 Å². The molecule has 0 unspecified atom stereocenters. The van der Waals surface area contributed by atoms with Crippen molar-refractivity contribution >= 4 is 11.6 Å². The summed E-state index contributed by atoms with van der Waals surface area (Å²) in [5.41, 5.74) is 0.804. The number of nitrogens with zero attached hydrogens (tertiary/aromatic N) is 3. The van der Waals surface area contributed by atoms with Crippen LogP contribution in [0, 0.1) is 5.92 Å². The van der Waals surface area contributed by atoms with Crippen molar-refractivity contribution in [1.82, 2.24) is 19.5 Å². The lowest BCUT2D eigenvalue weighted by Crippen LogP contribution is -2.37. The minimum Gasteiger partial charge on any atom is -0.492 e. The van der Waals surface area contributed by atoms with Crippen molar-refractivity contribution in [3.63, 3.8) is 0 Å². The first-order valence-corrected chi connectivity index (χ1v) is 9.86. The first kappa shape index (κ1) is 16.8. The van der Waals surface area contributed by atoms with E-state index in [0.717, 1.165) is 44.2 Å². The maximum atomic E-state index is 13.2. The molecule has 2 aliphatic carbocycles. The number of carbonyl (C=O) groups is 1. The Morgan fingerprint density at radius 1 is 1.22 bits per heavy atom. The molecule has 3 aliphatic rings. The highest BCUT2D eigenvalue weighted by Gasteiger charge is 2.32. The number of aromatic nitrogens is 3. The average molecular weight is 372 g/mol. The maximum Gasteiger partial charge on any atom is 0.270 e. The zero-order valence-corrected chi connectivity index (χ0v) is 15.2. The van der Waals surface area contributed by atoms with E-state index in [-0.39, 0.29) is 17.5 Å². The lowest BCUT2D eigenvalue weighted by atomic mass is 10.0. The van der Waals surface area contributed by atoms with Gasteiger partial charge in [-0.2, -0.15) is 9.61 Å². The fraction of sp³-hybridized carbons (Fsp3) is 0.632. The van der Waals surface area contributed by atoms with Crippen LogP contribution < -0.4 is 10.9 Å². The summed E-state index contributed by atoms with van der Waals surface area (Å²) in [6.45, 7) is 1.89. The first-order chi connectivity index (χ1) is 13.1. The van der Waals surface area contributed by atoms with Crippen LogP contribution in [0.15, 0.2) is 10.9 Å². The highest BCUT2D eigenvalue weighted by molar-refractivity contribution is 5.96. The molecule has 8 heteroatoms. The molecular weight excluding hydrogens is 348 g/mol. The van der Waals surface area contributed by atoms with E-state index in [1.165, 1.54) is 4.52 Å².